The van der Waals surface area contributed by atoms with Crippen molar-refractivity contribution in [3.8, 4) is 0 Å². The van der Waals surface area contributed by atoms with Crippen molar-refractivity contribution >= 4 is 15.9 Å². The van der Waals surface area contributed by atoms with E-state index in [2.05, 4.69) is 22.2 Å². The summed E-state index contributed by atoms with van der Waals surface area (Å²) >= 11 is 0. The average molecular weight is 397 g/mol. The number of nitrogens with one attached hydrogen (secondary N) is 1. The molecule has 0 atom stereocenters. The Morgan fingerprint density at radius 2 is 1.67 bits per heavy atom. The summed E-state index contributed by atoms with van der Waals surface area (Å²) in [7, 11) is -1.35. The number of carbonyl (C=O) groups excluding carboxylic acids is 1. The largest absolute Gasteiger partial charge is 0.352 e. The molecule has 0 radical (unpaired) electrons. The standard InChI is InChI=1S/C19H32N4O3S/c1-4-23(5-2)27(25,26)18-9-7-17(8-10-18)19(24)20-11-6-12-22-15-13-21(3)14-16-22/h7-10H,4-6,11-16H2,1-3H3,(H,20,24). The van der Waals surface area contributed by atoms with Crippen LogP contribution in [0.5, 0.6) is 0 Å². The molecule has 7 nitrogen and oxygen atoms in total. The van der Waals surface area contributed by atoms with Crippen LogP contribution in [0.3, 0.4) is 0 Å². The molecule has 0 spiro atoms. The molecule has 152 valence electrons. The van der Waals surface area contributed by atoms with Crippen molar-refractivity contribution in [2.75, 3.05) is 59.4 Å². The van der Waals surface area contributed by atoms with Gasteiger partial charge in [0.15, 0.2) is 0 Å². The number of hydrogen-bond acceptors (Lipinski definition) is 5. The number of piperazine rings is 1. The van der Waals surface area contributed by atoms with Gasteiger partial charge in [0.1, 0.15) is 0 Å². The van der Waals surface area contributed by atoms with Gasteiger partial charge in [-0.25, -0.2) is 8.42 Å². The monoisotopic (exact) mass is 396 g/mol. The van der Waals surface area contributed by atoms with Gasteiger partial charge in [-0.3, -0.25) is 4.79 Å². The van der Waals surface area contributed by atoms with Crippen LogP contribution in [0.15, 0.2) is 29.2 Å². The summed E-state index contributed by atoms with van der Waals surface area (Å²) in [6.45, 7) is 10.4. The summed E-state index contributed by atoms with van der Waals surface area (Å²) in [6, 6.07) is 6.16. The van der Waals surface area contributed by atoms with E-state index in [9.17, 15) is 13.2 Å². The van der Waals surface area contributed by atoms with E-state index in [0.717, 1.165) is 39.1 Å². The highest BCUT2D eigenvalue weighted by Gasteiger charge is 2.21. The number of rotatable bonds is 9. The van der Waals surface area contributed by atoms with Crippen LogP contribution in [0.25, 0.3) is 0 Å². The predicted molar refractivity (Wildman–Crippen MR) is 107 cm³/mol. The van der Waals surface area contributed by atoms with Crippen molar-refractivity contribution in [1.29, 1.82) is 0 Å². The zero-order valence-corrected chi connectivity index (χ0v) is 17.5. The summed E-state index contributed by atoms with van der Waals surface area (Å²) in [6.07, 6.45) is 0.907. The fourth-order valence-electron chi connectivity index (χ4n) is 3.17. The van der Waals surface area contributed by atoms with Gasteiger partial charge in [0.05, 0.1) is 4.90 Å². The molecule has 8 heteroatoms. The number of nitrogens with zero attached hydrogens (tertiary/aromatic N) is 3. The third-order valence-electron chi connectivity index (χ3n) is 4.99. The number of hydrogen-bond donors (Lipinski definition) is 1. The van der Waals surface area contributed by atoms with E-state index in [1.54, 1.807) is 12.1 Å². The highest BCUT2D eigenvalue weighted by molar-refractivity contribution is 7.89. The molecule has 1 saturated heterocycles. The van der Waals surface area contributed by atoms with Crippen LogP contribution in [0, 0.1) is 0 Å². The van der Waals surface area contributed by atoms with Crippen molar-refractivity contribution in [1.82, 2.24) is 19.4 Å². The molecule has 1 aliphatic rings. The molecule has 27 heavy (non-hydrogen) atoms. The van der Waals surface area contributed by atoms with E-state index in [1.807, 2.05) is 13.8 Å². The van der Waals surface area contributed by atoms with Gasteiger partial charge in [-0.1, -0.05) is 13.8 Å². The molecular formula is C19H32N4O3S. The number of carbonyl (C=O) groups is 1. The van der Waals surface area contributed by atoms with Gasteiger partial charge in [0, 0.05) is 51.4 Å². The highest BCUT2D eigenvalue weighted by Crippen LogP contribution is 2.16. The van der Waals surface area contributed by atoms with Gasteiger partial charge in [0.2, 0.25) is 10.0 Å². The molecule has 1 aliphatic heterocycles. The Morgan fingerprint density at radius 1 is 1.07 bits per heavy atom. The van der Waals surface area contributed by atoms with E-state index in [4.69, 9.17) is 0 Å². The molecule has 0 aliphatic carbocycles. The molecule has 1 fully saturated rings. The molecule has 0 saturated carbocycles. The van der Waals surface area contributed by atoms with Crippen LogP contribution in [-0.2, 0) is 10.0 Å². The van der Waals surface area contributed by atoms with Crippen molar-refractivity contribution < 1.29 is 13.2 Å². The van der Waals surface area contributed by atoms with E-state index in [0.29, 0.717) is 25.2 Å². The Balaban J connectivity index is 1.81. The lowest BCUT2D eigenvalue weighted by Crippen LogP contribution is -2.45. The first-order valence-electron chi connectivity index (χ1n) is 9.67. The third-order valence-corrected chi connectivity index (χ3v) is 7.06. The Hall–Kier alpha value is -1.48. The van der Waals surface area contributed by atoms with Crippen LogP contribution in [0.4, 0.5) is 0 Å². The Bertz CT molecular complexity index is 694. The zero-order valence-electron chi connectivity index (χ0n) is 16.6. The summed E-state index contributed by atoms with van der Waals surface area (Å²) < 4.78 is 26.4. The topological polar surface area (TPSA) is 73.0 Å². The first kappa shape index (κ1) is 21.8. The van der Waals surface area contributed by atoms with Gasteiger partial charge in [-0.15, -0.1) is 0 Å². The van der Waals surface area contributed by atoms with E-state index < -0.39 is 10.0 Å². The number of amides is 1. The lowest BCUT2D eigenvalue weighted by molar-refractivity contribution is 0.0949. The molecule has 2 rings (SSSR count). The second kappa shape index (κ2) is 10.2. The average Bonchev–Trinajstić information content (AvgIpc) is 2.67. The van der Waals surface area contributed by atoms with E-state index in [1.165, 1.54) is 16.4 Å². The molecule has 1 amide bonds. The number of benzene rings is 1. The van der Waals surface area contributed by atoms with Crippen LogP contribution >= 0.6 is 0 Å². The van der Waals surface area contributed by atoms with Gasteiger partial charge >= 0.3 is 0 Å². The van der Waals surface area contributed by atoms with Gasteiger partial charge in [0.25, 0.3) is 5.91 Å². The molecule has 0 aromatic heterocycles. The van der Waals surface area contributed by atoms with Gasteiger partial charge in [-0.2, -0.15) is 4.31 Å². The van der Waals surface area contributed by atoms with Crippen molar-refractivity contribution in [2.24, 2.45) is 0 Å². The van der Waals surface area contributed by atoms with Crippen molar-refractivity contribution in [3.05, 3.63) is 29.8 Å². The second-order valence-electron chi connectivity index (χ2n) is 6.87. The number of sulfonamides is 1. The summed E-state index contributed by atoms with van der Waals surface area (Å²) in [4.78, 5) is 17.2. The lowest BCUT2D eigenvalue weighted by atomic mass is 10.2. The highest BCUT2D eigenvalue weighted by atomic mass is 32.2. The van der Waals surface area contributed by atoms with Crippen LogP contribution < -0.4 is 5.32 Å². The maximum atomic E-state index is 12.5. The maximum Gasteiger partial charge on any atom is 0.251 e. The minimum absolute atomic E-state index is 0.167. The Kier molecular flexibility index (Phi) is 8.22. The second-order valence-corrected chi connectivity index (χ2v) is 8.81. The normalized spacial score (nSPS) is 16.6. The van der Waals surface area contributed by atoms with Crippen LogP contribution in [0.2, 0.25) is 0 Å². The minimum atomic E-state index is -3.49. The summed E-state index contributed by atoms with van der Waals surface area (Å²) in [5.41, 5.74) is 0.480. The smallest absolute Gasteiger partial charge is 0.251 e. The van der Waals surface area contributed by atoms with Gasteiger partial charge in [-0.05, 0) is 44.3 Å². The van der Waals surface area contributed by atoms with E-state index in [-0.39, 0.29) is 10.8 Å². The molecule has 0 unspecified atom stereocenters. The molecular weight excluding hydrogens is 364 g/mol. The molecule has 1 aromatic rings. The quantitative estimate of drug-likeness (QED) is 0.633. The van der Waals surface area contributed by atoms with E-state index >= 15 is 0 Å². The SMILES string of the molecule is CCN(CC)S(=O)(=O)c1ccc(C(=O)NCCCN2CCN(C)CC2)cc1. The minimum Gasteiger partial charge on any atom is -0.352 e. The van der Waals surface area contributed by atoms with Crippen molar-refractivity contribution in [3.63, 3.8) is 0 Å². The molecule has 1 N–H and O–H groups in total. The maximum absolute atomic E-state index is 12.5. The third kappa shape index (κ3) is 6.00. The number of likely N-dealkylation sites (N-methyl/N-ethyl adjacent to an activating group) is 1. The summed E-state index contributed by atoms with van der Waals surface area (Å²) in [5, 5.41) is 2.91. The molecule has 1 heterocycles. The van der Waals surface area contributed by atoms with Crippen LogP contribution in [-0.4, -0.2) is 87.8 Å². The predicted octanol–water partition coefficient (Wildman–Crippen LogP) is 1.08. The molecule has 1 aromatic carbocycles. The first-order valence-corrected chi connectivity index (χ1v) is 11.1. The fourth-order valence-corrected chi connectivity index (χ4v) is 4.63. The lowest BCUT2D eigenvalue weighted by Gasteiger charge is -2.32. The fraction of sp³-hybridized carbons (Fsp3) is 0.632. The Labute approximate surface area is 163 Å². The first-order chi connectivity index (χ1) is 12.9. The van der Waals surface area contributed by atoms with Crippen LogP contribution in [0.1, 0.15) is 30.6 Å². The zero-order chi connectivity index (χ0) is 19.9. The summed E-state index contributed by atoms with van der Waals surface area (Å²) in [5.74, 6) is -0.167. The van der Waals surface area contributed by atoms with Crippen molar-refractivity contribution in [2.45, 2.75) is 25.2 Å². The Morgan fingerprint density at radius 3 is 2.22 bits per heavy atom. The molecule has 0 bridgehead atoms. The van der Waals surface area contributed by atoms with Gasteiger partial charge < -0.3 is 15.1 Å².